The summed E-state index contributed by atoms with van der Waals surface area (Å²) in [5.41, 5.74) is 5.48. The van der Waals surface area contributed by atoms with Crippen molar-refractivity contribution in [3.63, 3.8) is 0 Å². The second-order valence-electron chi connectivity index (χ2n) is 9.44. The maximum absolute atomic E-state index is 12.9. The van der Waals surface area contributed by atoms with Crippen molar-refractivity contribution in [2.45, 2.75) is 58.1 Å². The number of hydrogen-bond acceptors (Lipinski definition) is 6. The fourth-order valence-corrected chi connectivity index (χ4v) is 7.69. The lowest BCUT2D eigenvalue weighted by molar-refractivity contribution is -0.651. The Bertz CT molecular complexity index is 1250. The van der Waals surface area contributed by atoms with Gasteiger partial charge in [-0.25, -0.2) is 0 Å². The molecule has 1 aliphatic rings. The molecule has 1 fully saturated rings. The smallest absolute Gasteiger partial charge is 0.224 e. The average molecular weight is 537 g/mol. The Hall–Kier alpha value is -2.58. The van der Waals surface area contributed by atoms with Crippen molar-refractivity contribution < 1.29 is 9.36 Å². The molecule has 3 aromatic rings. The van der Waals surface area contributed by atoms with Crippen LogP contribution in [0.2, 0.25) is 0 Å². The standard InChI is InChI=1S/C29H37N5OS2/c1-5-34(6-2)22-15-16-25(27(20-22)30-29(35)14-10-7-11-23-17-18-36-37-23)31-32-26-19-21(3)33(4)28-13-9-8-12-24(26)28/h8-9,12-13,15-16,19-20,23H,5-7,10-11,14,17-18H2,1-4H3/p+1. The molecular formula is C29H38N5OS2+. The van der Waals surface area contributed by atoms with Gasteiger partial charge in [0.05, 0.1) is 11.1 Å². The Morgan fingerprint density at radius 2 is 1.86 bits per heavy atom. The first kappa shape index (κ1) is 27.5. The van der Waals surface area contributed by atoms with E-state index in [1.807, 2.05) is 45.9 Å². The van der Waals surface area contributed by atoms with Gasteiger partial charge in [0.2, 0.25) is 11.4 Å². The number of rotatable bonds is 11. The summed E-state index contributed by atoms with van der Waals surface area (Å²) in [7, 11) is 6.04. The number of fused-ring (bicyclic) bond motifs is 1. The molecule has 196 valence electrons. The third kappa shape index (κ3) is 7.05. The predicted octanol–water partition coefficient (Wildman–Crippen LogP) is 7.89. The Morgan fingerprint density at radius 1 is 1.08 bits per heavy atom. The molecule has 0 spiro atoms. The highest BCUT2D eigenvalue weighted by molar-refractivity contribution is 8.77. The number of aryl methyl sites for hydroxylation is 2. The summed E-state index contributed by atoms with van der Waals surface area (Å²) in [5.74, 6) is 1.29. The van der Waals surface area contributed by atoms with Crippen molar-refractivity contribution in [1.29, 1.82) is 0 Å². The van der Waals surface area contributed by atoms with E-state index < -0.39 is 0 Å². The fourth-order valence-electron chi connectivity index (χ4n) is 4.67. The number of para-hydroxylation sites is 1. The van der Waals surface area contributed by atoms with Crippen molar-refractivity contribution >= 4 is 61.1 Å². The van der Waals surface area contributed by atoms with Gasteiger partial charge in [0.15, 0.2) is 5.69 Å². The second kappa shape index (κ2) is 13.3. The van der Waals surface area contributed by atoms with Crippen LogP contribution < -0.4 is 14.8 Å². The number of pyridine rings is 1. The van der Waals surface area contributed by atoms with Crippen molar-refractivity contribution in [2.75, 3.05) is 29.1 Å². The minimum Gasteiger partial charge on any atom is -0.372 e. The van der Waals surface area contributed by atoms with Gasteiger partial charge in [-0.2, -0.15) is 4.57 Å². The summed E-state index contributed by atoms with van der Waals surface area (Å²) >= 11 is 0. The lowest BCUT2D eigenvalue weighted by Gasteiger charge is -2.22. The highest BCUT2D eigenvalue weighted by Gasteiger charge is 2.17. The minimum atomic E-state index is 0.0367. The summed E-state index contributed by atoms with van der Waals surface area (Å²) in [5, 5.41) is 14.2. The van der Waals surface area contributed by atoms with Crippen LogP contribution in [0, 0.1) is 6.92 Å². The fraction of sp³-hybridized carbons (Fsp3) is 0.448. The quantitative estimate of drug-likeness (QED) is 0.117. The molecule has 1 unspecified atom stereocenters. The SMILES string of the molecule is CCN(CC)c1ccc(/N=N/c2cc(C)[n+](C)c3ccccc23)c(NC(=O)CCCCC2CCSS2)c1. The zero-order valence-corrected chi connectivity index (χ0v) is 24.0. The van der Waals surface area contributed by atoms with E-state index in [1.165, 1.54) is 18.6 Å². The van der Waals surface area contributed by atoms with E-state index in [-0.39, 0.29) is 5.91 Å². The highest BCUT2D eigenvalue weighted by atomic mass is 33.1. The lowest BCUT2D eigenvalue weighted by atomic mass is 10.1. The van der Waals surface area contributed by atoms with Gasteiger partial charge < -0.3 is 10.2 Å². The maximum atomic E-state index is 12.9. The van der Waals surface area contributed by atoms with Crippen LogP contribution in [0.3, 0.4) is 0 Å². The lowest BCUT2D eigenvalue weighted by Crippen LogP contribution is -2.32. The van der Waals surface area contributed by atoms with Gasteiger partial charge in [0.1, 0.15) is 18.4 Å². The van der Waals surface area contributed by atoms with Crippen LogP contribution in [0.5, 0.6) is 0 Å². The monoisotopic (exact) mass is 536 g/mol. The number of benzene rings is 2. The zero-order chi connectivity index (χ0) is 26.2. The Balaban J connectivity index is 1.54. The van der Waals surface area contributed by atoms with E-state index in [9.17, 15) is 4.79 Å². The van der Waals surface area contributed by atoms with Crippen molar-refractivity contribution in [1.82, 2.24) is 0 Å². The number of azo groups is 1. The normalized spacial score (nSPS) is 15.5. The topological polar surface area (TPSA) is 60.9 Å². The summed E-state index contributed by atoms with van der Waals surface area (Å²) in [4.78, 5) is 15.2. The van der Waals surface area contributed by atoms with Gasteiger partial charge in [-0.1, -0.05) is 40.1 Å². The molecule has 0 aliphatic carbocycles. The molecular weight excluding hydrogens is 498 g/mol. The number of aromatic nitrogens is 1. The first-order valence-electron chi connectivity index (χ1n) is 13.3. The molecule has 8 heteroatoms. The summed E-state index contributed by atoms with van der Waals surface area (Å²) in [6.07, 6.45) is 5.02. The van der Waals surface area contributed by atoms with E-state index >= 15 is 0 Å². The van der Waals surface area contributed by atoms with Crippen molar-refractivity contribution in [3.05, 3.63) is 54.2 Å². The Kier molecular flexibility index (Phi) is 9.86. The molecule has 6 nitrogen and oxygen atoms in total. The number of nitrogens with one attached hydrogen (secondary N) is 1. The van der Waals surface area contributed by atoms with E-state index in [0.29, 0.717) is 17.8 Å². The number of amides is 1. The molecule has 2 aromatic carbocycles. The molecule has 1 aliphatic heterocycles. The largest absolute Gasteiger partial charge is 0.372 e. The van der Waals surface area contributed by atoms with Gasteiger partial charge >= 0.3 is 0 Å². The van der Waals surface area contributed by atoms with Gasteiger partial charge in [0, 0.05) is 55.3 Å². The van der Waals surface area contributed by atoms with Gasteiger partial charge in [-0.3, -0.25) is 4.79 Å². The molecule has 0 bridgehead atoms. The molecule has 4 rings (SSSR count). The van der Waals surface area contributed by atoms with Gasteiger partial charge in [-0.15, -0.1) is 10.2 Å². The molecule has 1 atom stereocenters. The van der Waals surface area contributed by atoms with Crippen LogP contribution in [-0.4, -0.2) is 30.0 Å². The van der Waals surface area contributed by atoms with Crippen LogP contribution >= 0.6 is 21.6 Å². The summed E-state index contributed by atoms with van der Waals surface area (Å²) < 4.78 is 2.16. The number of nitrogens with zero attached hydrogens (tertiary/aromatic N) is 4. The van der Waals surface area contributed by atoms with Crippen LogP contribution in [0.15, 0.2) is 58.8 Å². The van der Waals surface area contributed by atoms with Crippen LogP contribution in [0.4, 0.5) is 22.7 Å². The molecule has 1 aromatic heterocycles. The second-order valence-corrected chi connectivity index (χ2v) is 12.2. The van der Waals surface area contributed by atoms with Gasteiger partial charge in [0.25, 0.3) is 0 Å². The van der Waals surface area contributed by atoms with E-state index in [0.717, 1.165) is 59.2 Å². The molecule has 2 heterocycles. The first-order chi connectivity index (χ1) is 18.0. The molecule has 1 N–H and O–H groups in total. The van der Waals surface area contributed by atoms with Crippen LogP contribution in [-0.2, 0) is 11.8 Å². The van der Waals surface area contributed by atoms with Crippen LogP contribution in [0.25, 0.3) is 10.9 Å². The van der Waals surface area contributed by atoms with E-state index in [1.54, 1.807) is 0 Å². The molecule has 0 radical (unpaired) electrons. The summed E-state index contributed by atoms with van der Waals surface area (Å²) in [6.45, 7) is 8.14. The maximum Gasteiger partial charge on any atom is 0.224 e. The zero-order valence-electron chi connectivity index (χ0n) is 22.4. The van der Waals surface area contributed by atoms with Gasteiger partial charge in [-0.05, 0) is 57.4 Å². The Morgan fingerprint density at radius 3 is 2.62 bits per heavy atom. The number of anilines is 2. The van der Waals surface area contributed by atoms with Crippen molar-refractivity contribution in [3.8, 4) is 0 Å². The molecule has 37 heavy (non-hydrogen) atoms. The number of carbonyl (C=O) groups excluding carboxylic acids is 1. The Labute approximate surface area is 228 Å². The molecule has 1 saturated heterocycles. The third-order valence-electron chi connectivity index (χ3n) is 6.97. The third-order valence-corrected chi connectivity index (χ3v) is 9.98. The molecule has 1 amide bonds. The number of hydrogen-bond donors (Lipinski definition) is 1. The first-order valence-corrected chi connectivity index (χ1v) is 15.7. The number of carbonyl (C=O) groups is 1. The summed E-state index contributed by atoms with van der Waals surface area (Å²) in [6, 6.07) is 16.3. The van der Waals surface area contributed by atoms with Crippen LogP contribution in [0.1, 0.15) is 51.6 Å². The highest BCUT2D eigenvalue weighted by Crippen LogP contribution is 2.40. The molecule has 0 saturated carbocycles. The van der Waals surface area contributed by atoms with Crippen molar-refractivity contribution in [2.24, 2.45) is 17.3 Å². The van der Waals surface area contributed by atoms with E-state index in [4.69, 9.17) is 0 Å². The average Bonchev–Trinajstić information content (AvgIpc) is 3.43. The van der Waals surface area contributed by atoms with E-state index in [2.05, 4.69) is 77.1 Å². The minimum absolute atomic E-state index is 0.0367. The predicted molar refractivity (Wildman–Crippen MR) is 160 cm³/mol. The number of unbranched alkanes of at least 4 members (excludes halogenated alkanes) is 1.